The van der Waals surface area contributed by atoms with E-state index in [4.69, 9.17) is 0 Å². The molecule has 6 nitrogen and oxygen atoms in total. The fourth-order valence-corrected chi connectivity index (χ4v) is 4.15. The van der Waals surface area contributed by atoms with Crippen LogP contribution in [0.5, 0.6) is 0 Å². The van der Waals surface area contributed by atoms with Crippen LogP contribution in [0.3, 0.4) is 0 Å². The molecule has 1 aliphatic heterocycles. The first-order valence-electron chi connectivity index (χ1n) is 7.27. The maximum Gasteiger partial charge on any atom is 0.243 e. The summed E-state index contributed by atoms with van der Waals surface area (Å²) in [5.74, 6) is -1.72. The lowest BCUT2D eigenvalue weighted by Crippen LogP contribution is -2.39. The van der Waals surface area contributed by atoms with E-state index in [1.807, 2.05) is 0 Å². The third-order valence-electron chi connectivity index (χ3n) is 4.08. The molecular weight excluding hydrogens is 304 g/mol. The van der Waals surface area contributed by atoms with Gasteiger partial charge >= 0.3 is 0 Å². The Bertz CT molecular complexity index is 628. The van der Waals surface area contributed by atoms with E-state index in [0.29, 0.717) is 0 Å². The quantitative estimate of drug-likeness (QED) is 0.755. The number of aromatic carboxylic acids is 1. The van der Waals surface area contributed by atoms with Crippen molar-refractivity contribution < 1.29 is 19.5 Å². The van der Waals surface area contributed by atoms with E-state index in [1.165, 1.54) is 23.2 Å². The number of aromatic nitrogens is 1. The number of carbonyl (C=O) groups excluding carboxylic acids is 3. The molecule has 22 heavy (non-hydrogen) atoms. The third-order valence-corrected chi connectivity index (χ3v) is 5.28. The van der Waals surface area contributed by atoms with Gasteiger partial charge in [0.2, 0.25) is 11.8 Å². The zero-order valence-corrected chi connectivity index (χ0v) is 12.7. The molecule has 2 heterocycles. The first-order valence-corrected chi connectivity index (χ1v) is 8.15. The Hall–Kier alpha value is -1.89. The molecule has 116 valence electrons. The topological polar surface area (TPSA) is 90.4 Å². The van der Waals surface area contributed by atoms with Gasteiger partial charge in [-0.2, -0.15) is 0 Å². The number of thioether (sulfide) groups is 1. The average Bonchev–Trinajstić information content (AvgIpc) is 3.08. The van der Waals surface area contributed by atoms with Crippen molar-refractivity contribution in [3.8, 4) is 0 Å². The first kappa shape index (κ1) is 15.0. The van der Waals surface area contributed by atoms with Gasteiger partial charge in [-0.15, -0.1) is 0 Å². The summed E-state index contributed by atoms with van der Waals surface area (Å²) in [6.45, 7) is 0. The SMILES string of the molecule is O=C([O-])c1cccnc1S[C@H]1CC(=O)N(C2CCCC2)C1=O. The summed E-state index contributed by atoms with van der Waals surface area (Å²) in [7, 11) is 0. The van der Waals surface area contributed by atoms with E-state index in [2.05, 4.69) is 4.98 Å². The first-order chi connectivity index (χ1) is 10.6. The van der Waals surface area contributed by atoms with E-state index in [9.17, 15) is 19.5 Å². The molecule has 2 aliphatic rings. The zero-order valence-electron chi connectivity index (χ0n) is 11.9. The van der Waals surface area contributed by atoms with Crippen LogP contribution in [0.2, 0.25) is 0 Å². The number of pyridine rings is 1. The van der Waals surface area contributed by atoms with Crippen LogP contribution < -0.4 is 5.11 Å². The molecule has 0 aromatic carbocycles. The van der Waals surface area contributed by atoms with E-state index < -0.39 is 11.2 Å². The molecule has 3 rings (SSSR count). The minimum absolute atomic E-state index is 0.00921. The minimum Gasteiger partial charge on any atom is -0.545 e. The number of carboxylic acid groups (broad SMARTS) is 1. The molecule has 1 aromatic heterocycles. The fourth-order valence-electron chi connectivity index (χ4n) is 3.04. The maximum atomic E-state index is 12.5. The van der Waals surface area contributed by atoms with Crippen molar-refractivity contribution in [1.82, 2.24) is 9.88 Å². The largest absolute Gasteiger partial charge is 0.545 e. The predicted molar refractivity (Wildman–Crippen MR) is 76.9 cm³/mol. The van der Waals surface area contributed by atoms with Crippen molar-refractivity contribution in [1.29, 1.82) is 0 Å². The molecule has 1 atom stereocenters. The number of hydrogen-bond donors (Lipinski definition) is 0. The Morgan fingerprint density at radius 2 is 2.05 bits per heavy atom. The molecule has 1 aromatic rings. The highest BCUT2D eigenvalue weighted by atomic mass is 32.2. The summed E-state index contributed by atoms with van der Waals surface area (Å²) in [6.07, 6.45) is 5.36. The van der Waals surface area contributed by atoms with Gasteiger partial charge in [0.1, 0.15) is 5.03 Å². The number of amides is 2. The van der Waals surface area contributed by atoms with Crippen LogP contribution in [0, 0.1) is 0 Å². The Morgan fingerprint density at radius 3 is 2.73 bits per heavy atom. The number of likely N-dealkylation sites (tertiary alicyclic amines) is 1. The normalized spacial score (nSPS) is 22.5. The van der Waals surface area contributed by atoms with Crippen LogP contribution in [0.4, 0.5) is 0 Å². The summed E-state index contributed by atoms with van der Waals surface area (Å²) in [6, 6.07) is 2.90. The van der Waals surface area contributed by atoms with Crippen LogP contribution in [0.25, 0.3) is 0 Å². The van der Waals surface area contributed by atoms with Crippen molar-refractivity contribution in [3.05, 3.63) is 23.9 Å². The lowest BCUT2D eigenvalue weighted by molar-refractivity contribution is -0.255. The fraction of sp³-hybridized carbons (Fsp3) is 0.467. The Labute approximate surface area is 131 Å². The van der Waals surface area contributed by atoms with E-state index in [-0.39, 0.29) is 34.9 Å². The number of hydrogen-bond acceptors (Lipinski definition) is 6. The number of rotatable bonds is 4. The molecule has 0 N–H and O–H groups in total. The van der Waals surface area contributed by atoms with E-state index in [0.717, 1.165) is 37.4 Å². The van der Waals surface area contributed by atoms with Crippen LogP contribution in [-0.4, -0.2) is 39.0 Å². The van der Waals surface area contributed by atoms with Crippen molar-refractivity contribution in [2.24, 2.45) is 0 Å². The highest BCUT2D eigenvalue weighted by molar-refractivity contribution is 8.00. The maximum absolute atomic E-state index is 12.5. The average molecular weight is 319 g/mol. The standard InChI is InChI=1S/C15H16N2O4S/c18-12-8-11(14(19)17(12)9-4-1-2-5-9)22-13-10(15(20)21)6-3-7-16-13/h3,6-7,9,11H,1-2,4-5,8H2,(H,20,21)/p-1/t11-/m0/s1. The molecule has 0 unspecified atom stereocenters. The summed E-state index contributed by atoms with van der Waals surface area (Å²) in [4.78, 5) is 41.1. The summed E-state index contributed by atoms with van der Waals surface area (Å²) >= 11 is 1.04. The van der Waals surface area contributed by atoms with Crippen molar-refractivity contribution in [3.63, 3.8) is 0 Å². The molecule has 0 bridgehead atoms. The summed E-state index contributed by atoms with van der Waals surface area (Å²) < 4.78 is 0. The van der Waals surface area contributed by atoms with Crippen LogP contribution >= 0.6 is 11.8 Å². The smallest absolute Gasteiger partial charge is 0.243 e. The van der Waals surface area contributed by atoms with Crippen molar-refractivity contribution in [2.75, 3.05) is 0 Å². The molecule has 2 amide bonds. The van der Waals surface area contributed by atoms with Crippen LogP contribution in [0.1, 0.15) is 42.5 Å². The monoisotopic (exact) mass is 319 g/mol. The Kier molecular flexibility index (Phi) is 4.15. The van der Waals surface area contributed by atoms with E-state index >= 15 is 0 Å². The van der Waals surface area contributed by atoms with Crippen molar-refractivity contribution in [2.45, 2.75) is 48.4 Å². The lowest BCUT2D eigenvalue weighted by atomic mass is 10.2. The van der Waals surface area contributed by atoms with Gasteiger partial charge < -0.3 is 9.90 Å². The van der Waals surface area contributed by atoms with Crippen LogP contribution in [-0.2, 0) is 9.59 Å². The zero-order chi connectivity index (χ0) is 15.7. The van der Waals surface area contributed by atoms with Gasteiger partial charge in [-0.05, 0) is 25.0 Å². The Balaban J connectivity index is 1.78. The van der Waals surface area contributed by atoms with E-state index in [1.54, 1.807) is 0 Å². The molecular formula is C15H15N2O4S-. The van der Waals surface area contributed by atoms with Gasteiger partial charge in [0.05, 0.1) is 11.2 Å². The molecule has 1 saturated heterocycles. The van der Waals surface area contributed by atoms with Gasteiger partial charge in [0.25, 0.3) is 0 Å². The number of nitrogens with zero attached hydrogens (tertiary/aromatic N) is 2. The minimum atomic E-state index is -1.33. The van der Waals surface area contributed by atoms with Gasteiger partial charge in [-0.25, -0.2) is 4.98 Å². The lowest BCUT2D eigenvalue weighted by Gasteiger charge is -2.22. The number of carboxylic acids is 1. The van der Waals surface area contributed by atoms with Gasteiger partial charge in [-0.1, -0.05) is 24.6 Å². The number of carbonyl (C=O) groups is 3. The third kappa shape index (κ3) is 2.72. The second-order valence-electron chi connectivity index (χ2n) is 5.49. The summed E-state index contributed by atoms with van der Waals surface area (Å²) in [5, 5.41) is 10.7. The van der Waals surface area contributed by atoms with Crippen molar-refractivity contribution >= 4 is 29.5 Å². The summed E-state index contributed by atoms with van der Waals surface area (Å²) in [5.41, 5.74) is -0.0490. The van der Waals surface area contributed by atoms with Gasteiger partial charge in [-0.3, -0.25) is 14.5 Å². The predicted octanol–water partition coefficient (Wildman–Crippen LogP) is 0.607. The molecule has 7 heteroatoms. The van der Waals surface area contributed by atoms with Gasteiger partial charge in [0, 0.05) is 24.2 Å². The molecule has 0 spiro atoms. The molecule has 0 radical (unpaired) electrons. The molecule has 2 fully saturated rings. The molecule has 1 aliphatic carbocycles. The van der Waals surface area contributed by atoms with Gasteiger partial charge in [0.15, 0.2) is 0 Å². The highest BCUT2D eigenvalue weighted by Gasteiger charge is 2.43. The number of imide groups is 1. The highest BCUT2D eigenvalue weighted by Crippen LogP contribution is 2.35. The van der Waals surface area contributed by atoms with Crippen LogP contribution in [0.15, 0.2) is 23.4 Å². The second kappa shape index (κ2) is 6.08. The Morgan fingerprint density at radius 1 is 1.32 bits per heavy atom. The second-order valence-corrected chi connectivity index (χ2v) is 6.69. The molecule has 1 saturated carbocycles.